The molecule has 2 aliphatic rings. The molecule has 1 aliphatic heterocycles. The Balaban J connectivity index is 1.74. The number of morpholine rings is 1. The van der Waals surface area contributed by atoms with Crippen LogP contribution in [0, 0.1) is 5.92 Å². The molecule has 1 aromatic rings. The van der Waals surface area contributed by atoms with Gasteiger partial charge in [-0.15, -0.1) is 0 Å². The average Bonchev–Trinajstić information content (AvgIpc) is 2.66. The lowest BCUT2D eigenvalue weighted by atomic mass is 9.69. The van der Waals surface area contributed by atoms with Crippen molar-refractivity contribution < 1.29 is 9.84 Å². The third kappa shape index (κ3) is 4.59. The van der Waals surface area contributed by atoms with E-state index in [4.69, 9.17) is 4.74 Å². The molecular weight excluding hydrogens is 324 g/mol. The van der Waals surface area contributed by atoms with Crippen molar-refractivity contribution in [3.8, 4) is 5.75 Å². The third-order valence-corrected chi connectivity index (χ3v) is 6.35. The Morgan fingerprint density at radius 2 is 2.08 bits per heavy atom. The van der Waals surface area contributed by atoms with Gasteiger partial charge in [-0.25, -0.2) is 0 Å². The second kappa shape index (κ2) is 9.20. The maximum Gasteiger partial charge on any atom is 0.115 e. The fourth-order valence-electron chi connectivity index (χ4n) is 4.95. The SMILES string of the molecule is CCCCCNC1(c2cccc(O)c2)CCC(N2CCOCC2)C(C)C1. The van der Waals surface area contributed by atoms with Gasteiger partial charge in [-0.1, -0.05) is 38.8 Å². The summed E-state index contributed by atoms with van der Waals surface area (Å²) in [6.45, 7) is 9.59. The number of phenolic OH excluding ortho intramolecular Hbond substituents is 1. The lowest BCUT2D eigenvalue weighted by Crippen LogP contribution is -2.54. The number of unbranched alkanes of at least 4 members (excludes halogenated alkanes) is 2. The van der Waals surface area contributed by atoms with Crippen LogP contribution in [-0.2, 0) is 10.3 Å². The zero-order valence-corrected chi connectivity index (χ0v) is 16.5. The molecule has 26 heavy (non-hydrogen) atoms. The Morgan fingerprint density at radius 3 is 2.77 bits per heavy atom. The lowest BCUT2D eigenvalue weighted by Gasteiger charge is -2.49. The first-order valence-electron chi connectivity index (χ1n) is 10.5. The number of phenols is 1. The minimum absolute atomic E-state index is 0.00527. The van der Waals surface area contributed by atoms with E-state index in [9.17, 15) is 5.11 Å². The predicted molar refractivity (Wildman–Crippen MR) is 107 cm³/mol. The van der Waals surface area contributed by atoms with Crippen LogP contribution in [0.3, 0.4) is 0 Å². The molecule has 3 atom stereocenters. The van der Waals surface area contributed by atoms with Gasteiger partial charge in [-0.05, 0) is 55.8 Å². The maximum absolute atomic E-state index is 10.0. The summed E-state index contributed by atoms with van der Waals surface area (Å²) in [5.41, 5.74) is 1.25. The van der Waals surface area contributed by atoms with Gasteiger partial charge in [-0.3, -0.25) is 4.90 Å². The Labute approximate surface area is 158 Å². The molecule has 0 radical (unpaired) electrons. The lowest BCUT2D eigenvalue weighted by molar-refractivity contribution is -0.0170. The number of hydrogen-bond acceptors (Lipinski definition) is 4. The van der Waals surface area contributed by atoms with Gasteiger partial charge < -0.3 is 15.2 Å². The molecule has 2 N–H and O–H groups in total. The highest BCUT2D eigenvalue weighted by atomic mass is 16.5. The molecule has 1 aromatic carbocycles. The number of rotatable bonds is 7. The van der Waals surface area contributed by atoms with Crippen LogP contribution in [0.4, 0.5) is 0 Å². The summed E-state index contributed by atoms with van der Waals surface area (Å²) in [7, 11) is 0. The van der Waals surface area contributed by atoms with E-state index in [0.29, 0.717) is 17.7 Å². The Bertz CT molecular complexity index is 559. The second-order valence-electron chi connectivity index (χ2n) is 8.20. The van der Waals surface area contributed by atoms with Crippen molar-refractivity contribution in [2.75, 3.05) is 32.8 Å². The van der Waals surface area contributed by atoms with E-state index in [2.05, 4.69) is 30.1 Å². The molecule has 0 amide bonds. The van der Waals surface area contributed by atoms with Gasteiger partial charge in [-0.2, -0.15) is 0 Å². The van der Waals surface area contributed by atoms with Crippen LogP contribution in [0.15, 0.2) is 24.3 Å². The first-order chi connectivity index (χ1) is 12.6. The van der Waals surface area contributed by atoms with Crippen LogP contribution in [0.2, 0.25) is 0 Å². The molecule has 146 valence electrons. The molecule has 1 heterocycles. The van der Waals surface area contributed by atoms with Crippen molar-refractivity contribution in [3.05, 3.63) is 29.8 Å². The number of benzene rings is 1. The van der Waals surface area contributed by atoms with Crippen LogP contribution in [-0.4, -0.2) is 48.9 Å². The number of ether oxygens (including phenoxy) is 1. The van der Waals surface area contributed by atoms with Gasteiger partial charge in [0.15, 0.2) is 0 Å². The summed E-state index contributed by atoms with van der Waals surface area (Å²) in [6, 6.07) is 8.57. The molecule has 0 bridgehead atoms. The van der Waals surface area contributed by atoms with Gasteiger partial charge in [0.25, 0.3) is 0 Å². The first-order valence-corrected chi connectivity index (χ1v) is 10.5. The highest BCUT2D eigenvalue weighted by Gasteiger charge is 2.42. The molecule has 1 saturated heterocycles. The van der Waals surface area contributed by atoms with E-state index in [0.717, 1.165) is 45.7 Å². The summed E-state index contributed by atoms with van der Waals surface area (Å²) in [6.07, 6.45) is 7.21. The highest BCUT2D eigenvalue weighted by molar-refractivity contribution is 5.33. The number of nitrogens with one attached hydrogen (secondary N) is 1. The van der Waals surface area contributed by atoms with Gasteiger partial charge in [0.05, 0.1) is 13.2 Å². The summed E-state index contributed by atoms with van der Waals surface area (Å²) in [5, 5.41) is 14.0. The van der Waals surface area contributed by atoms with Crippen molar-refractivity contribution >= 4 is 0 Å². The summed E-state index contributed by atoms with van der Waals surface area (Å²) in [5.74, 6) is 1.00. The summed E-state index contributed by atoms with van der Waals surface area (Å²) >= 11 is 0. The molecular formula is C22H36N2O2. The molecule has 1 saturated carbocycles. The molecule has 0 aromatic heterocycles. The van der Waals surface area contributed by atoms with E-state index < -0.39 is 0 Å². The number of aromatic hydroxyl groups is 1. The fourth-order valence-corrected chi connectivity index (χ4v) is 4.95. The molecule has 4 nitrogen and oxygen atoms in total. The third-order valence-electron chi connectivity index (χ3n) is 6.35. The molecule has 0 spiro atoms. The van der Waals surface area contributed by atoms with E-state index in [1.54, 1.807) is 6.07 Å². The van der Waals surface area contributed by atoms with Crippen molar-refractivity contribution in [2.45, 2.75) is 64.0 Å². The average molecular weight is 361 g/mol. The summed E-state index contributed by atoms with van der Waals surface area (Å²) < 4.78 is 5.54. The predicted octanol–water partition coefficient (Wildman–Crippen LogP) is 3.89. The quantitative estimate of drug-likeness (QED) is 0.724. The number of nitrogens with zero attached hydrogens (tertiary/aromatic N) is 1. The minimum Gasteiger partial charge on any atom is -0.508 e. The molecule has 1 aliphatic carbocycles. The minimum atomic E-state index is -0.00527. The fraction of sp³-hybridized carbons (Fsp3) is 0.727. The molecule has 4 heteroatoms. The van der Waals surface area contributed by atoms with Crippen molar-refractivity contribution in [3.63, 3.8) is 0 Å². The van der Waals surface area contributed by atoms with Crippen molar-refractivity contribution in [1.82, 2.24) is 10.2 Å². The van der Waals surface area contributed by atoms with Gasteiger partial charge in [0, 0.05) is 24.7 Å². The zero-order valence-electron chi connectivity index (χ0n) is 16.5. The topological polar surface area (TPSA) is 44.7 Å². The number of hydrogen-bond donors (Lipinski definition) is 2. The van der Waals surface area contributed by atoms with E-state index in [1.807, 2.05) is 12.1 Å². The van der Waals surface area contributed by atoms with Crippen LogP contribution < -0.4 is 5.32 Å². The van der Waals surface area contributed by atoms with Gasteiger partial charge in [0.1, 0.15) is 5.75 Å². The van der Waals surface area contributed by atoms with Crippen LogP contribution in [0.5, 0.6) is 5.75 Å². The molecule has 3 rings (SSSR count). The van der Waals surface area contributed by atoms with Crippen molar-refractivity contribution in [1.29, 1.82) is 0 Å². The monoisotopic (exact) mass is 360 g/mol. The summed E-state index contributed by atoms with van der Waals surface area (Å²) in [4.78, 5) is 2.64. The first kappa shape index (κ1) is 19.7. The van der Waals surface area contributed by atoms with E-state index in [1.165, 1.54) is 31.2 Å². The van der Waals surface area contributed by atoms with E-state index in [-0.39, 0.29) is 5.54 Å². The van der Waals surface area contributed by atoms with Crippen LogP contribution in [0.1, 0.15) is 57.9 Å². The Kier molecular flexibility index (Phi) is 6.96. The van der Waals surface area contributed by atoms with Crippen LogP contribution in [0.25, 0.3) is 0 Å². The standard InChI is InChI=1S/C22H36N2O2/c1-3-4-5-11-23-22(19-7-6-8-20(25)16-19)10-9-21(18(2)17-22)24-12-14-26-15-13-24/h6-8,16,18,21,23,25H,3-5,9-15,17H2,1-2H3. The smallest absolute Gasteiger partial charge is 0.115 e. The maximum atomic E-state index is 10.0. The zero-order chi connectivity index (χ0) is 18.4. The van der Waals surface area contributed by atoms with E-state index >= 15 is 0 Å². The molecule has 3 unspecified atom stereocenters. The van der Waals surface area contributed by atoms with Gasteiger partial charge >= 0.3 is 0 Å². The van der Waals surface area contributed by atoms with Crippen LogP contribution >= 0.6 is 0 Å². The second-order valence-corrected chi connectivity index (χ2v) is 8.20. The largest absolute Gasteiger partial charge is 0.508 e. The normalized spacial score (nSPS) is 30.4. The highest BCUT2D eigenvalue weighted by Crippen LogP contribution is 2.42. The Morgan fingerprint density at radius 1 is 1.27 bits per heavy atom. The Hall–Kier alpha value is -1.10. The van der Waals surface area contributed by atoms with Gasteiger partial charge in [0.2, 0.25) is 0 Å². The van der Waals surface area contributed by atoms with Crippen molar-refractivity contribution in [2.24, 2.45) is 5.92 Å². The molecule has 2 fully saturated rings.